The Morgan fingerprint density at radius 3 is 2.46 bits per heavy atom. The third-order valence-corrected chi connectivity index (χ3v) is 11.1. The number of carbonyl (C=O) groups is 2. The Labute approximate surface area is 221 Å². The van der Waals surface area contributed by atoms with E-state index >= 15 is 0 Å². The monoisotopic (exact) mass is 518 g/mol. The maximum Gasteiger partial charge on any atom is 0.306 e. The number of aliphatic hydroxyl groups excluding tert-OH is 2. The van der Waals surface area contributed by atoms with Crippen LogP contribution in [0.3, 0.4) is 0 Å². The minimum atomic E-state index is -2.20. The van der Waals surface area contributed by atoms with E-state index in [1.165, 1.54) is 19.3 Å². The molecule has 2 heterocycles. The quantitative estimate of drug-likeness (QED) is 0.240. The first-order valence-corrected chi connectivity index (χ1v) is 14.7. The smallest absolute Gasteiger partial charge is 0.306 e. The van der Waals surface area contributed by atoms with Crippen molar-refractivity contribution in [2.45, 2.75) is 122 Å². The lowest BCUT2D eigenvalue weighted by Gasteiger charge is -2.74. The standard InChI is InChI=1S/C30H46O7/c1-5-6-7-8-9-10-11-12-22(32)37-26-19-13-14-20-28-17-36-30(35,29(20,26)24(33)18(19)2)25(34)23(28)27(3,4)16-15-21(28)31/h19-21,23,25-26,31,34-35H,2,5-17H2,1,3-4H3/t19-,20-,21-,23+,25-,26+,28+,29-,30+/m0/s1. The molecule has 6 fully saturated rings. The molecule has 2 saturated heterocycles. The highest BCUT2D eigenvalue weighted by molar-refractivity contribution is 6.05. The third kappa shape index (κ3) is 3.52. The van der Waals surface area contributed by atoms with E-state index in [2.05, 4.69) is 27.4 Å². The summed E-state index contributed by atoms with van der Waals surface area (Å²) in [6.45, 7) is 10.5. The SMILES string of the molecule is C=C1C(=O)[C@]23[C@H](OC(=O)CCCCCCCCC)[C@H]1CC[C@H]2[C@@]12CO[C@]3(O)[C@@H](O)[C@@H]1C(C)(C)CC[C@@H]2O. The van der Waals surface area contributed by atoms with Gasteiger partial charge in [-0.3, -0.25) is 9.59 Å². The Kier molecular flexibility index (Phi) is 6.95. The molecule has 7 nitrogen and oxygen atoms in total. The lowest BCUT2D eigenvalue weighted by molar-refractivity contribution is -0.458. The summed E-state index contributed by atoms with van der Waals surface area (Å²) in [7, 11) is 0. The Bertz CT molecular complexity index is 944. The van der Waals surface area contributed by atoms with Crippen LogP contribution in [0.25, 0.3) is 0 Å². The number of aliphatic hydroxyl groups is 3. The van der Waals surface area contributed by atoms with Crippen molar-refractivity contribution < 1.29 is 34.4 Å². The fourth-order valence-corrected chi connectivity index (χ4v) is 9.47. The first-order chi connectivity index (χ1) is 17.5. The lowest BCUT2D eigenvalue weighted by Crippen LogP contribution is -2.85. The number of fused-ring (bicyclic) bond motifs is 2. The Morgan fingerprint density at radius 2 is 1.76 bits per heavy atom. The molecule has 4 bridgehead atoms. The summed E-state index contributed by atoms with van der Waals surface area (Å²) >= 11 is 0. The number of rotatable bonds is 9. The predicted molar refractivity (Wildman–Crippen MR) is 137 cm³/mol. The molecule has 6 aliphatic rings. The summed E-state index contributed by atoms with van der Waals surface area (Å²) < 4.78 is 12.2. The van der Waals surface area contributed by atoms with E-state index in [4.69, 9.17) is 9.47 Å². The normalized spacial score (nSPS) is 45.5. The van der Waals surface area contributed by atoms with Gasteiger partial charge in [0.25, 0.3) is 0 Å². The van der Waals surface area contributed by atoms with Crippen molar-refractivity contribution in [2.24, 2.45) is 34.0 Å². The minimum absolute atomic E-state index is 0.0748. The third-order valence-electron chi connectivity index (χ3n) is 11.1. The fraction of sp³-hybridized carbons (Fsp3) is 0.867. The number of hydrogen-bond donors (Lipinski definition) is 3. The summed E-state index contributed by atoms with van der Waals surface area (Å²) in [6.07, 6.45) is 7.11. The van der Waals surface area contributed by atoms with Crippen LogP contribution < -0.4 is 0 Å². The van der Waals surface area contributed by atoms with Crippen LogP contribution in [0.1, 0.15) is 97.8 Å². The van der Waals surface area contributed by atoms with Gasteiger partial charge < -0.3 is 24.8 Å². The van der Waals surface area contributed by atoms with Crippen molar-refractivity contribution in [3.63, 3.8) is 0 Å². The van der Waals surface area contributed by atoms with Gasteiger partial charge in [0.05, 0.1) is 12.7 Å². The van der Waals surface area contributed by atoms with E-state index in [-0.39, 0.29) is 30.2 Å². The largest absolute Gasteiger partial charge is 0.460 e. The predicted octanol–water partition coefficient (Wildman–Crippen LogP) is 4.07. The van der Waals surface area contributed by atoms with Crippen LogP contribution in [0.5, 0.6) is 0 Å². The van der Waals surface area contributed by atoms with Gasteiger partial charge in [0.1, 0.15) is 17.6 Å². The zero-order valence-electron chi connectivity index (χ0n) is 22.8. The highest BCUT2D eigenvalue weighted by atomic mass is 16.6. The maximum atomic E-state index is 14.1. The summed E-state index contributed by atoms with van der Waals surface area (Å²) in [4.78, 5) is 27.2. The fourth-order valence-electron chi connectivity index (χ4n) is 9.47. The summed E-state index contributed by atoms with van der Waals surface area (Å²) in [6, 6.07) is 0. The van der Waals surface area contributed by atoms with Crippen molar-refractivity contribution in [3.05, 3.63) is 12.2 Å². The molecular formula is C30H46O7. The number of esters is 1. The van der Waals surface area contributed by atoms with Gasteiger partial charge in [-0.05, 0) is 49.0 Å². The molecule has 0 aromatic rings. The Hall–Kier alpha value is -1.28. The molecule has 4 saturated carbocycles. The van der Waals surface area contributed by atoms with Crippen molar-refractivity contribution in [3.8, 4) is 0 Å². The maximum absolute atomic E-state index is 14.1. The van der Waals surface area contributed by atoms with Crippen LogP contribution in [0, 0.1) is 34.0 Å². The van der Waals surface area contributed by atoms with Crippen LogP contribution in [-0.4, -0.2) is 57.8 Å². The van der Waals surface area contributed by atoms with Crippen LogP contribution >= 0.6 is 0 Å². The molecule has 0 amide bonds. The molecule has 4 aliphatic carbocycles. The van der Waals surface area contributed by atoms with Gasteiger partial charge >= 0.3 is 5.97 Å². The van der Waals surface area contributed by atoms with Gasteiger partial charge in [-0.25, -0.2) is 0 Å². The molecule has 0 aromatic heterocycles. The van der Waals surface area contributed by atoms with E-state index in [1.807, 2.05) is 0 Å². The lowest BCUT2D eigenvalue weighted by atomic mass is 9.35. The van der Waals surface area contributed by atoms with Crippen molar-refractivity contribution in [1.29, 1.82) is 0 Å². The second-order valence-electron chi connectivity index (χ2n) is 13.3. The molecule has 0 unspecified atom stereocenters. The Balaban J connectivity index is 1.44. The van der Waals surface area contributed by atoms with Crippen LogP contribution in [0.2, 0.25) is 0 Å². The molecule has 2 aliphatic heterocycles. The van der Waals surface area contributed by atoms with E-state index in [0.717, 1.165) is 25.7 Å². The number of ether oxygens (including phenoxy) is 2. The highest BCUT2D eigenvalue weighted by Crippen LogP contribution is 2.76. The molecule has 6 rings (SSSR count). The first kappa shape index (κ1) is 27.3. The molecule has 208 valence electrons. The zero-order chi connectivity index (χ0) is 26.8. The van der Waals surface area contributed by atoms with Crippen LogP contribution in [-0.2, 0) is 19.1 Å². The van der Waals surface area contributed by atoms with Gasteiger partial charge in [0, 0.05) is 23.7 Å². The van der Waals surface area contributed by atoms with Crippen molar-refractivity contribution in [1.82, 2.24) is 0 Å². The van der Waals surface area contributed by atoms with Gasteiger partial charge in [-0.2, -0.15) is 0 Å². The summed E-state index contributed by atoms with van der Waals surface area (Å²) in [5.74, 6) is -4.28. The molecule has 0 aromatic carbocycles. The number of hydrogen-bond acceptors (Lipinski definition) is 7. The molecular weight excluding hydrogens is 472 g/mol. The topological polar surface area (TPSA) is 113 Å². The van der Waals surface area contributed by atoms with E-state index in [9.17, 15) is 24.9 Å². The molecule has 37 heavy (non-hydrogen) atoms. The van der Waals surface area contributed by atoms with Gasteiger partial charge in [-0.1, -0.05) is 65.9 Å². The van der Waals surface area contributed by atoms with Crippen molar-refractivity contribution in [2.75, 3.05) is 6.61 Å². The molecule has 3 N–H and O–H groups in total. The average molecular weight is 519 g/mol. The van der Waals surface area contributed by atoms with Crippen LogP contribution in [0.4, 0.5) is 0 Å². The van der Waals surface area contributed by atoms with E-state index in [1.54, 1.807) is 0 Å². The Morgan fingerprint density at radius 1 is 1.08 bits per heavy atom. The van der Waals surface area contributed by atoms with Gasteiger partial charge in [0.2, 0.25) is 5.79 Å². The molecule has 9 atom stereocenters. The number of carbonyl (C=O) groups excluding carboxylic acids is 2. The molecule has 2 spiro atoms. The average Bonchev–Trinajstić information content (AvgIpc) is 2.96. The minimum Gasteiger partial charge on any atom is -0.460 e. The highest BCUT2D eigenvalue weighted by Gasteiger charge is 2.87. The first-order valence-electron chi connectivity index (χ1n) is 14.7. The second kappa shape index (κ2) is 9.42. The molecule has 7 heteroatoms. The number of ketones is 1. The van der Waals surface area contributed by atoms with Crippen LogP contribution in [0.15, 0.2) is 12.2 Å². The van der Waals surface area contributed by atoms with E-state index in [0.29, 0.717) is 31.3 Å². The summed E-state index contributed by atoms with van der Waals surface area (Å²) in [5, 5.41) is 35.5. The van der Waals surface area contributed by atoms with E-state index < -0.39 is 52.7 Å². The number of unbranched alkanes of at least 4 members (excludes halogenated alkanes) is 6. The zero-order valence-corrected chi connectivity index (χ0v) is 22.8. The number of Topliss-reactive ketones (excluding diaryl/α,β-unsaturated/α-hetero) is 1. The van der Waals surface area contributed by atoms with Gasteiger partial charge in [0.15, 0.2) is 5.78 Å². The van der Waals surface area contributed by atoms with Gasteiger partial charge in [-0.15, -0.1) is 0 Å². The van der Waals surface area contributed by atoms with Crippen molar-refractivity contribution >= 4 is 11.8 Å². The second-order valence-corrected chi connectivity index (χ2v) is 13.3. The molecule has 0 radical (unpaired) electrons. The summed E-state index contributed by atoms with van der Waals surface area (Å²) in [5.41, 5.74) is -2.58.